The summed E-state index contributed by atoms with van der Waals surface area (Å²) in [6.07, 6.45) is 0. The largest absolute Gasteiger partial charge is 0.271 e. The first-order valence-electron chi connectivity index (χ1n) is 5.00. The Kier molecular flexibility index (Phi) is 4.95. The number of benzene rings is 1. The zero-order valence-corrected chi connectivity index (χ0v) is 11.8. The number of halogens is 2. The van der Waals surface area contributed by atoms with Crippen LogP contribution in [-0.4, -0.2) is 25.0 Å². The van der Waals surface area contributed by atoms with Crippen molar-refractivity contribution < 1.29 is 13.3 Å². The average molecular weight is 312 g/mol. The van der Waals surface area contributed by atoms with Crippen LogP contribution in [0, 0.1) is 16.0 Å². The maximum Gasteiger partial charge on any atom is 0.271 e. The van der Waals surface area contributed by atoms with Crippen molar-refractivity contribution in [1.29, 1.82) is 0 Å². The van der Waals surface area contributed by atoms with Crippen LogP contribution in [0.1, 0.15) is 6.92 Å². The molecule has 8 heteroatoms. The zero-order valence-electron chi connectivity index (χ0n) is 9.47. The summed E-state index contributed by atoms with van der Waals surface area (Å²) in [5.74, 6) is -0.152. The molecule has 1 aromatic carbocycles. The smallest absolute Gasteiger partial charge is 0.258 e. The fourth-order valence-corrected chi connectivity index (χ4v) is 3.81. The molecule has 0 spiro atoms. The fraction of sp³-hybridized carbons (Fsp3) is 0.400. The van der Waals surface area contributed by atoms with Gasteiger partial charge >= 0.3 is 0 Å². The maximum atomic E-state index is 12.0. The van der Waals surface area contributed by atoms with E-state index in [0.29, 0.717) is 0 Å². The van der Waals surface area contributed by atoms with Crippen LogP contribution in [0.4, 0.5) is 5.69 Å². The fourth-order valence-electron chi connectivity index (χ4n) is 1.36. The molecule has 0 aliphatic rings. The number of rotatable bonds is 5. The van der Waals surface area contributed by atoms with Gasteiger partial charge in [0.2, 0.25) is 0 Å². The molecule has 0 bridgehead atoms. The predicted octanol–water partition coefficient (Wildman–Crippen LogP) is 2.90. The van der Waals surface area contributed by atoms with Crippen molar-refractivity contribution >= 4 is 38.7 Å². The van der Waals surface area contributed by atoms with E-state index in [0.717, 1.165) is 18.2 Å². The number of nitro groups is 1. The van der Waals surface area contributed by atoms with Crippen molar-refractivity contribution in [1.82, 2.24) is 0 Å². The number of alkyl halides is 1. The second-order valence-electron chi connectivity index (χ2n) is 3.91. The summed E-state index contributed by atoms with van der Waals surface area (Å²) < 4.78 is 24.0. The molecule has 1 aromatic rings. The van der Waals surface area contributed by atoms with Gasteiger partial charge in [-0.3, -0.25) is 10.1 Å². The van der Waals surface area contributed by atoms with Gasteiger partial charge in [0, 0.05) is 18.0 Å². The summed E-state index contributed by atoms with van der Waals surface area (Å²) in [5, 5.41) is 10.4. The lowest BCUT2D eigenvalue weighted by molar-refractivity contribution is -0.384. The molecule has 0 saturated carbocycles. The van der Waals surface area contributed by atoms with Crippen molar-refractivity contribution in [3.63, 3.8) is 0 Å². The molecule has 0 aliphatic carbocycles. The Morgan fingerprint density at radius 3 is 2.50 bits per heavy atom. The van der Waals surface area contributed by atoms with Crippen molar-refractivity contribution in [2.24, 2.45) is 5.92 Å². The van der Waals surface area contributed by atoms with E-state index in [1.807, 2.05) is 0 Å². The minimum absolute atomic E-state index is 0.105. The zero-order chi connectivity index (χ0) is 13.9. The standard InChI is InChI=1S/C10H11Cl2NO4S/c1-7(5-11)6-18(16,17)10-3-2-8(13(14)15)4-9(10)12/h2-4,7H,5-6H2,1H3. The van der Waals surface area contributed by atoms with Gasteiger partial charge in [-0.05, 0) is 12.0 Å². The lowest BCUT2D eigenvalue weighted by atomic mass is 10.3. The van der Waals surface area contributed by atoms with Crippen LogP contribution >= 0.6 is 23.2 Å². The normalized spacial score (nSPS) is 13.3. The number of hydrogen-bond acceptors (Lipinski definition) is 4. The van der Waals surface area contributed by atoms with E-state index in [1.54, 1.807) is 6.92 Å². The molecule has 1 unspecified atom stereocenters. The monoisotopic (exact) mass is 311 g/mol. The molecular weight excluding hydrogens is 301 g/mol. The second kappa shape index (κ2) is 5.86. The van der Waals surface area contributed by atoms with E-state index in [-0.39, 0.29) is 33.2 Å². The molecule has 0 saturated heterocycles. The van der Waals surface area contributed by atoms with Crippen LogP contribution in [-0.2, 0) is 9.84 Å². The van der Waals surface area contributed by atoms with Gasteiger partial charge in [0.1, 0.15) is 0 Å². The molecule has 0 aliphatic heterocycles. The van der Waals surface area contributed by atoms with Crippen LogP contribution < -0.4 is 0 Å². The third-order valence-electron chi connectivity index (χ3n) is 2.23. The Labute approximate surface area is 115 Å². The lowest BCUT2D eigenvalue weighted by Gasteiger charge is -2.09. The number of nitrogens with zero attached hydrogens (tertiary/aromatic N) is 1. The highest BCUT2D eigenvalue weighted by atomic mass is 35.5. The van der Waals surface area contributed by atoms with Gasteiger partial charge in [-0.25, -0.2) is 8.42 Å². The summed E-state index contributed by atoms with van der Waals surface area (Å²) in [6, 6.07) is 3.29. The van der Waals surface area contributed by atoms with E-state index in [2.05, 4.69) is 0 Å². The Morgan fingerprint density at radius 1 is 1.44 bits per heavy atom. The first-order chi connectivity index (χ1) is 8.27. The van der Waals surface area contributed by atoms with E-state index < -0.39 is 14.8 Å². The molecule has 0 amide bonds. The summed E-state index contributed by atoms with van der Waals surface area (Å²) >= 11 is 11.3. The molecule has 0 aromatic heterocycles. The molecule has 1 rings (SSSR count). The van der Waals surface area contributed by atoms with Gasteiger partial charge in [0.25, 0.3) is 5.69 Å². The van der Waals surface area contributed by atoms with Gasteiger partial charge in [0.15, 0.2) is 9.84 Å². The Morgan fingerprint density at radius 2 is 2.06 bits per heavy atom. The maximum absolute atomic E-state index is 12.0. The summed E-state index contributed by atoms with van der Waals surface area (Å²) in [5.41, 5.74) is -0.246. The molecule has 100 valence electrons. The molecular formula is C10H11Cl2NO4S. The lowest BCUT2D eigenvalue weighted by Crippen LogP contribution is -2.15. The molecule has 18 heavy (non-hydrogen) atoms. The predicted molar refractivity (Wildman–Crippen MR) is 70.0 cm³/mol. The quantitative estimate of drug-likeness (QED) is 0.476. The number of nitro benzene ring substituents is 1. The van der Waals surface area contributed by atoms with Gasteiger partial charge in [0.05, 0.1) is 20.6 Å². The second-order valence-corrected chi connectivity index (χ2v) is 6.63. The third kappa shape index (κ3) is 3.57. The van der Waals surface area contributed by atoms with Gasteiger partial charge in [-0.15, -0.1) is 11.6 Å². The van der Waals surface area contributed by atoms with E-state index in [4.69, 9.17) is 23.2 Å². The number of sulfone groups is 1. The van der Waals surface area contributed by atoms with E-state index >= 15 is 0 Å². The minimum Gasteiger partial charge on any atom is -0.258 e. The first-order valence-corrected chi connectivity index (χ1v) is 7.57. The van der Waals surface area contributed by atoms with Gasteiger partial charge in [-0.1, -0.05) is 18.5 Å². The highest BCUT2D eigenvalue weighted by Crippen LogP contribution is 2.27. The first kappa shape index (κ1) is 15.2. The van der Waals surface area contributed by atoms with Gasteiger partial charge in [-0.2, -0.15) is 0 Å². The molecule has 1 atom stereocenters. The van der Waals surface area contributed by atoms with E-state index in [1.165, 1.54) is 0 Å². The molecule has 0 N–H and O–H groups in total. The van der Waals surface area contributed by atoms with Crippen LogP contribution in [0.25, 0.3) is 0 Å². The molecule has 0 radical (unpaired) electrons. The Bertz CT molecular complexity index is 559. The highest BCUT2D eigenvalue weighted by molar-refractivity contribution is 7.91. The minimum atomic E-state index is -3.58. The summed E-state index contributed by atoms with van der Waals surface area (Å²) in [7, 11) is -3.58. The summed E-state index contributed by atoms with van der Waals surface area (Å²) in [6.45, 7) is 1.70. The van der Waals surface area contributed by atoms with Crippen LogP contribution in [0.3, 0.4) is 0 Å². The van der Waals surface area contributed by atoms with Crippen LogP contribution in [0.2, 0.25) is 5.02 Å². The highest BCUT2D eigenvalue weighted by Gasteiger charge is 2.22. The van der Waals surface area contributed by atoms with Crippen LogP contribution in [0.5, 0.6) is 0 Å². The number of non-ortho nitro benzene ring substituents is 1. The topological polar surface area (TPSA) is 77.3 Å². The van der Waals surface area contributed by atoms with Crippen LogP contribution in [0.15, 0.2) is 23.1 Å². The molecule has 0 fully saturated rings. The Hall–Kier alpha value is -0.850. The SMILES string of the molecule is CC(CCl)CS(=O)(=O)c1ccc([N+](=O)[O-])cc1Cl. The molecule has 5 nitrogen and oxygen atoms in total. The van der Waals surface area contributed by atoms with Crippen molar-refractivity contribution in [2.75, 3.05) is 11.6 Å². The van der Waals surface area contributed by atoms with Crippen molar-refractivity contribution in [3.8, 4) is 0 Å². The Balaban J connectivity index is 3.14. The van der Waals surface area contributed by atoms with Crippen molar-refractivity contribution in [2.45, 2.75) is 11.8 Å². The van der Waals surface area contributed by atoms with Crippen molar-refractivity contribution in [3.05, 3.63) is 33.3 Å². The third-order valence-corrected chi connectivity index (χ3v) is 5.21. The van der Waals surface area contributed by atoms with E-state index in [9.17, 15) is 18.5 Å². The average Bonchev–Trinajstić information content (AvgIpc) is 2.27. The molecule has 0 heterocycles. The number of hydrogen-bond donors (Lipinski definition) is 0. The summed E-state index contributed by atoms with van der Waals surface area (Å²) in [4.78, 5) is 9.78. The van der Waals surface area contributed by atoms with Gasteiger partial charge < -0.3 is 0 Å².